The maximum atomic E-state index is 9.17. The summed E-state index contributed by atoms with van der Waals surface area (Å²) < 4.78 is 1.70. The average Bonchev–Trinajstić information content (AvgIpc) is 2.64. The molecular weight excluding hydrogens is 238 g/mol. The smallest absolute Gasteiger partial charge is 0.142 e. The van der Waals surface area contributed by atoms with E-state index in [1.54, 1.807) is 4.68 Å². The SMILES string of the molecule is Cc1nn(C)c(NC(C)c2ccc(N)cc2)c1C#N. The quantitative estimate of drug-likeness (QED) is 0.825. The summed E-state index contributed by atoms with van der Waals surface area (Å²) in [6.07, 6.45) is 0. The fraction of sp³-hybridized carbons (Fsp3) is 0.286. The number of nitrogens with two attached hydrogens (primary N) is 1. The standard InChI is InChI=1S/C14H17N5/c1-9(11-4-6-12(16)7-5-11)17-14-13(8-15)10(2)18-19(14)3/h4-7,9,17H,16H2,1-3H3. The van der Waals surface area contributed by atoms with Crippen LogP contribution in [0.4, 0.5) is 11.5 Å². The largest absolute Gasteiger partial charge is 0.399 e. The molecule has 5 heteroatoms. The van der Waals surface area contributed by atoms with Crippen molar-refractivity contribution in [3.8, 4) is 6.07 Å². The van der Waals surface area contributed by atoms with Crippen molar-refractivity contribution >= 4 is 11.5 Å². The summed E-state index contributed by atoms with van der Waals surface area (Å²) >= 11 is 0. The fourth-order valence-corrected chi connectivity index (χ4v) is 2.03. The Morgan fingerprint density at radius 3 is 2.58 bits per heavy atom. The number of rotatable bonds is 3. The number of aromatic nitrogens is 2. The molecule has 1 heterocycles. The first-order valence-corrected chi connectivity index (χ1v) is 6.08. The lowest BCUT2D eigenvalue weighted by Crippen LogP contribution is -2.11. The molecule has 0 fully saturated rings. The Kier molecular flexibility index (Phi) is 3.43. The van der Waals surface area contributed by atoms with Crippen LogP contribution in [-0.4, -0.2) is 9.78 Å². The second-order valence-electron chi connectivity index (χ2n) is 4.58. The normalized spacial score (nSPS) is 11.9. The molecule has 1 unspecified atom stereocenters. The van der Waals surface area contributed by atoms with E-state index >= 15 is 0 Å². The highest BCUT2D eigenvalue weighted by Crippen LogP contribution is 2.24. The number of nitrogens with one attached hydrogen (secondary N) is 1. The molecule has 0 saturated carbocycles. The summed E-state index contributed by atoms with van der Waals surface area (Å²) in [6, 6.07) is 9.94. The van der Waals surface area contributed by atoms with Gasteiger partial charge in [0, 0.05) is 18.8 Å². The summed E-state index contributed by atoms with van der Waals surface area (Å²) in [6.45, 7) is 3.87. The Morgan fingerprint density at radius 2 is 2.00 bits per heavy atom. The van der Waals surface area contributed by atoms with Crippen LogP contribution >= 0.6 is 0 Å². The third kappa shape index (κ3) is 2.52. The molecular formula is C14H17N5. The van der Waals surface area contributed by atoms with Crippen molar-refractivity contribution in [3.05, 3.63) is 41.1 Å². The molecule has 0 saturated heterocycles. The third-order valence-electron chi connectivity index (χ3n) is 3.12. The molecule has 0 aliphatic heterocycles. The Morgan fingerprint density at radius 1 is 1.37 bits per heavy atom. The Hall–Kier alpha value is -2.48. The summed E-state index contributed by atoms with van der Waals surface area (Å²) in [4.78, 5) is 0. The van der Waals surface area contributed by atoms with E-state index < -0.39 is 0 Å². The van der Waals surface area contributed by atoms with Gasteiger partial charge in [-0.1, -0.05) is 12.1 Å². The van der Waals surface area contributed by atoms with Crippen molar-refractivity contribution in [3.63, 3.8) is 0 Å². The first-order valence-electron chi connectivity index (χ1n) is 6.08. The number of nitriles is 1. The van der Waals surface area contributed by atoms with Gasteiger partial charge in [0.2, 0.25) is 0 Å². The van der Waals surface area contributed by atoms with Gasteiger partial charge in [0.15, 0.2) is 0 Å². The minimum atomic E-state index is 0.0718. The van der Waals surface area contributed by atoms with Gasteiger partial charge in [-0.3, -0.25) is 4.68 Å². The van der Waals surface area contributed by atoms with Crippen LogP contribution in [0.15, 0.2) is 24.3 Å². The Bertz CT molecular complexity index is 619. The van der Waals surface area contributed by atoms with E-state index in [-0.39, 0.29) is 6.04 Å². The van der Waals surface area contributed by atoms with E-state index in [4.69, 9.17) is 5.73 Å². The summed E-state index contributed by atoms with van der Waals surface area (Å²) in [5.41, 5.74) is 8.85. The fourth-order valence-electron chi connectivity index (χ4n) is 2.03. The van der Waals surface area contributed by atoms with Gasteiger partial charge in [0.05, 0.1) is 5.69 Å². The minimum absolute atomic E-state index is 0.0718. The molecule has 98 valence electrons. The molecule has 0 radical (unpaired) electrons. The molecule has 0 aliphatic rings. The van der Waals surface area contributed by atoms with E-state index in [1.807, 2.05) is 45.2 Å². The highest BCUT2D eigenvalue weighted by atomic mass is 15.3. The Balaban J connectivity index is 2.26. The molecule has 1 aromatic carbocycles. The van der Waals surface area contributed by atoms with Crippen molar-refractivity contribution in [2.75, 3.05) is 11.1 Å². The number of nitrogen functional groups attached to an aromatic ring is 1. The second-order valence-corrected chi connectivity index (χ2v) is 4.58. The first kappa shape index (κ1) is 13.0. The molecule has 0 bridgehead atoms. The van der Waals surface area contributed by atoms with Gasteiger partial charge in [0.25, 0.3) is 0 Å². The van der Waals surface area contributed by atoms with Gasteiger partial charge in [-0.15, -0.1) is 0 Å². The van der Waals surface area contributed by atoms with Crippen LogP contribution in [0.5, 0.6) is 0 Å². The zero-order valence-electron chi connectivity index (χ0n) is 11.3. The lowest BCUT2D eigenvalue weighted by molar-refractivity contribution is 0.742. The van der Waals surface area contributed by atoms with Crippen molar-refractivity contribution in [1.82, 2.24) is 9.78 Å². The zero-order valence-corrected chi connectivity index (χ0v) is 11.3. The highest BCUT2D eigenvalue weighted by molar-refractivity contribution is 5.56. The van der Waals surface area contributed by atoms with Gasteiger partial charge in [-0.2, -0.15) is 10.4 Å². The summed E-state index contributed by atoms with van der Waals surface area (Å²) in [7, 11) is 1.83. The second kappa shape index (κ2) is 5.02. The lowest BCUT2D eigenvalue weighted by Gasteiger charge is -2.16. The van der Waals surface area contributed by atoms with E-state index in [1.165, 1.54) is 0 Å². The van der Waals surface area contributed by atoms with Crippen LogP contribution in [0.25, 0.3) is 0 Å². The van der Waals surface area contributed by atoms with E-state index in [0.717, 1.165) is 22.8 Å². The minimum Gasteiger partial charge on any atom is -0.399 e. The molecule has 1 atom stereocenters. The predicted octanol–water partition coefficient (Wildman–Crippen LogP) is 2.36. The van der Waals surface area contributed by atoms with Crippen molar-refractivity contribution in [2.45, 2.75) is 19.9 Å². The molecule has 5 nitrogen and oxygen atoms in total. The van der Waals surface area contributed by atoms with E-state index in [2.05, 4.69) is 16.5 Å². The van der Waals surface area contributed by atoms with Crippen LogP contribution in [0.1, 0.15) is 29.8 Å². The number of benzene rings is 1. The lowest BCUT2D eigenvalue weighted by atomic mass is 10.1. The van der Waals surface area contributed by atoms with Crippen LogP contribution < -0.4 is 11.1 Å². The van der Waals surface area contributed by atoms with Crippen molar-refractivity contribution in [1.29, 1.82) is 5.26 Å². The van der Waals surface area contributed by atoms with E-state index in [9.17, 15) is 5.26 Å². The molecule has 2 rings (SSSR count). The van der Waals surface area contributed by atoms with Crippen molar-refractivity contribution in [2.24, 2.45) is 7.05 Å². The van der Waals surface area contributed by atoms with Gasteiger partial charge in [-0.05, 0) is 31.5 Å². The summed E-state index contributed by atoms with van der Waals surface area (Å²) in [5.74, 6) is 0.740. The van der Waals surface area contributed by atoms with Crippen LogP contribution in [0, 0.1) is 18.3 Å². The topological polar surface area (TPSA) is 79.7 Å². The van der Waals surface area contributed by atoms with Crippen LogP contribution in [0.3, 0.4) is 0 Å². The van der Waals surface area contributed by atoms with E-state index in [0.29, 0.717) is 5.56 Å². The molecule has 0 amide bonds. The summed E-state index contributed by atoms with van der Waals surface area (Å²) in [5, 5.41) is 16.8. The van der Waals surface area contributed by atoms with Crippen LogP contribution in [0.2, 0.25) is 0 Å². The monoisotopic (exact) mass is 255 g/mol. The number of aryl methyl sites for hydroxylation is 2. The van der Waals surface area contributed by atoms with Crippen LogP contribution in [-0.2, 0) is 7.05 Å². The van der Waals surface area contributed by atoms with Gasteiger partial charge in [0.1, 0.15) is 17.5 Å². The predicted molar refractivity (Wildman–Crippen MR) is 75.6 cm³/mol. The molecule has 19 heavy (non-hydrogen) atoms. The molecule has 2 aromatic rings. The number of hydrogen-bond donors (Lipinski definition) is 2. The van der Waals surface area contributed by atoms with Gasteiger partial charge in [-0.25, -0.2) is 0 Å². The average molecular weight is 255 g/mol. The third-order valence-corrected chi connectivity index (χ3v) is 3.12. The maximum absolute atomic E-state index is 9.17. The Labute approximate surface area is 112 Å². The van der Waals surface area contributed by atoms with Gasteiger partial charge >= 0.3 is 0 Å². The molecule has 0 spiro atoms. The molecule has 1 aromatic heterocycles. The molecule has 3 N–H and O–H groups in total. The number of hydrogen-bond acceptors (Lipinski definition) is 4. The highest BCUT2D eigenvalue weighted by Gasteiger charge is 2.15. The van der Waals surface area contributed by atoms with Gasteiger partial charge < -0.3 is 11.1 Å². The maximum Gasteiger partial charge on any atom is 0.142 e. The number of anilines is 2. The number of nitrogens with zero attached hydrogens (tertiary/aromatic N) is 3. The van der Waals surface area contributed by atoms with Crippen molar-refractivity contribution < 1.29 is 0 Å². The molecule has 0 aliphatic carbocycles. The zero-order chi connectivity index (χ0) is 14.0. The first-order chi connectivity index (χ1) is 9.02.